The molecule has 2 N–H and O–H groups in total. The van der Waals surface area contributed by atoms with E-state index in [1.165, 1.54) is 0 Å². The Morgan fingerprint density at radius 1 is 1.06 bits per heavy atom. The first-order valence-corrected chi connectivity index (χ1v) is 16.3. The van der Waals surface area contributed by atoms with Gasteiger partial charge in [0.15, 0.2) is 17.1 Å². The summed E-state index contributed by atoms with van der Waals surface area (Å²) < 4.78 is 23.7. The summed E-state index contributed by atoms with van der Waals surface area (Å²) in [6.07, 6.45) is 0.740. The van der Waals surface area contributed by atoms with Gasteiger partial charge in [-0.15, -0.1) is 0 Å². The number of piperazine rings is 1. The predicted octanol–water partition coefficient (Wildman–Crippen LogP) is 2.84. The molecule has 47 heavy (non-hydrogen) atoms. The molecule has 0 bridgehead atoms. The number of hydrogen-bond acceptors (Lipinski definition) is 11. The van der Waals surface area contributed by atoms with Gasteiger partial charge in [-0.05, 0) is 64.4 Å². The van der Waals surface area contributed by atoms with E-state index in [4.69, 9.17) is 23.9 Å². The number of ether oxygens (including phenoxy) is 4. The zero-order valence-electron chi connectivity index (χ0n) is 27.3. The fraction of sp³-hybridized carbons (Fsp3) is 0.529. The Labute approximate surface area is 272 Å². The van der Waals surface area contributed by atoms with Crippen LogP contribution in [-0.2, 0) is 39.6 Å². The van der Waals surface area contributed by atoms with Gasteiger partial charge in [-0.1, -0.05) is 6.92 Å². The molecule has 6 heterocycles. The maximum absolute atomic E-state index is 13.8. The van der Waals surface area contributed by atoms with Gasteiger partial charge < -0.3 is 38.8 Å². The van der Waals surface area contributed by atoms with E-state index in [2.05, 4.69) is 10.2 Å². The number of nitrogens with zero attached hydrogens (tertiary/aromatic N) is 4. The van der Waals surface area contributed by atoms with Crippen molar-refractivity contribution in [3.8, 4) is 22.9 Å². The van der Waals surface area contributed by atoms with Crippen LogP contribution >= 0.6 is 0 Å². The van der Waals surface area contributed by atoms with Crippen molar-refractivity contribution >= 4 is 23.0 Å². The van der Waals surface area contributed by atoms with E-state index in [1.54, 1.807) is 22.5 Å². The first-order valence-electron chi connectivity index (χ1n) is 16.3. The monoisotopic (exact) mass is 647 g/mol. The Bertz CT molecular complexity index is 1820. The minimum atomic E-state index is -1.89. The Balaban J connectivity index is 1.10. The lowest BCUT2D eigenvalue weighted by molar-refractivity contribution is -0.172. The maximum atomic E-state index is 13.8. The number of nitrogens with one attached hydrogen (secondary N) is 1. The molecule has 2 aromatic heterocycles. The molecule has 1 fully saturated rings. The van der Waals surface area contributed by atoms with Crippen molar-refractivity contribution in [2.24, 2.45) is 0 Å². The third-order valence-corrected chi connectivity index (χ3v) is 9.45. The summed E-state index contributed by atoms with van der Waals surface area (Å²) in [5.41, 5.74) is 1.74. The van der Waals surface area contributed by atoms with Crippen molar-refractivity contribution in [3.63, 3.8) is 0 Å². The van der Waals surface area contributed by atoms with Crippen LogP contribution in [0, 0.1) is 0 Å². The quantitative estimate of drug-likeness (QED) is 0.226. The van der Waals surface area contributed by atoms with Crippen LogP contribution in [0.5, 0.6) is 11.5 Å². The Kier molecular flexibility index (Phi) is 7.88. The number of fused-ring (bicyclic) bond motifs is 6. The molecule has 4 aliphatic heterocycles. The molecule has 0 radical (unpaired) electrons. The first-order chi connectivity index (χ1) is 22.5. The molecule has 250 valence electrons. The van der Waals surface area contributed by atoms with Crippen LogP contribution in [0.3, 0.4) is 0 Å². The summed E-state index contributed by atoms with van der Waals surface area (Å²) in [7, 11) is 0. The number of esters is 1. The lowest BCUT2D eigenvalue weighted by atomic mass is 9.86. The lowest BCUT2D eigenvalue weighted by Gasteiger charge is -2.35. The molecule has 4 aliphatic rings. The number of rotatable bonds is 7. The molecular weight excluding hydrogens is 606 g/mol. The number of hydrogen-bond donors (Lipinski definition) is 2. The molecule has 1 aromatic carbocycles. The number of benzene rings is 1. The second-order valence-corrected chi connectivity index (χ2v) is 13.6. The fourth-order valence-corrected chi connectivity index (χ4v) is 6.88. The number of cyclic esters (lactones) is 1. The molecule has 3 aromatic rings. The molecule has 1 atom stereocenters. The number of pyridine rings is 2. The Morgan fingerprint density at radius 2 is 1.81 bits per heavy atom. The first kappa shape index (κ1) is 31.4. The largest absolute Gasteiger partial charge is 0.458 e. The highest BCUT2D eigenvalue weighted by molar-refractivity contribution is 5.91. The average molecular weight is 648 g/mol. The summed E-state index contributed by atoms with van der Waals surface area (Å²) in [6, 6.07) is 5.54. The lowest BCUT2D eigenvalue weighted by Crippen LogP contribution is -2.50. The van der Waals surface area contributed by atoms with Crippen LogP contribution in [-0.4, -0.2) is 88.2 Å². The fourth-order valence-electron chi connectivity index (χ4n) is 6.88. The van der Waals surface area contributed by atoms with Gasteiger partial charge >= 0.3 is 12.1 Å². The summed E-state index contributed by atoms with van der Waals surface area (Å²) in [5, 5.41) is 15.8. The third kappa shape index (κ3) is 5.59. The van der Waals surface area contributed by atoms with Crippen LogP contribution in [0.2, 0.25) is 0 Å². The smallest absolute Gasteiger partial charge is 0.410 e. The highest BCUT2D eigenvalue weighted by Gasteiger charge is 2.45. The van der Waals surface area contributed by atoms with Crippen LogP contribution in [0.15, 0.2) is 23.0 Å². The van der Waals surface area contributed by atoms with E-state index < -0.39 is 17.2 Å². The van der Waals surface area contributed by atoms with Crippen LogP contribution in [0.1, 0.15) is 62.8 Å². The van der Waals surface area contributed by atoms with Gasteiger partial charge in [0.25, 0.3) is 5.56 Å². The second kappa shape index (κ2) is 11.8. The zero-order valence-corrected chi connectivity index (χ0v) is 27.3. The standard InChI is InChI=1S/C34H41N5O8/c1-5-34(43)24-14-26-29-22(17-39(26)30(40)23(24)18-44-31(34)41)21(20-13-27-28(46-19-45-27)15-25(20)36-29)16-35-7-6-8-37-9-11-38(12-10-37)32(42)47-33(2,3)4/h13-15,35,43H,5-12,16-19H2,1-4H3/t34-/m0/s1. The second-order valence-electron chi connectivity index (χ2n) is 13.6. The summed E-state index contributed by atoms with van der Waals surface area (Å²) in [5.74, 6) is 0.515. The van der Waals surface area contributed by atoms with E-state index in [-0.39, 0.29) is 31.5 Å². The summed E-state index contributed by atoms with van der Waals surface area (Å²) in [4.78, 5) is 47.9. The summed E-state index contributed by atoms with van der Waals surface area (Å²) >= 11 is 0. The molecule has 13 heteroatoms. The van der Waals surface area contributed by atoms with Crippen LogP contribution < -0.4 is 20.3 Å². The molecule has 1 saturated heterocycles. The maximum Gasteiger partial charge on any atom is 0.410 e. The number of carbonyl (C=O) groups excluding carboxylic acids is 2. The number of aromatic nitrogens is 2. The topological polar surface area (TPSA) is 145 Å². The molecular formula is C34H41N5O8. The van der Waals surface area contributed by atoms with E-state index >= 15 is 0 Å². The molecule has 0 saturated carbocycles. The Morgan fingerprint density at radius 3 is 2.53 bits per heavy atom. The van der Waals surface area contributed by atoms with Crippen molar-refractivity contribution in [1.29, 1.82) is 0 Å². The van der Waals surface area contributed by atoms with Gasteiger partial charge in [-0.3, -0.25) is 9.69 Å². The number of aliphatic hydroxyl groups is 1. The van der Waals surface area contributed by atoms with Gasteiger partial charge in [0.05, 0.1) is 29.0 Å². The van der Waals surface area contributed by atoms with Gasteiger partial charge in [0, 0.05) is 55.3 Å². The third-order valence-electron chi connectivity index (χ3n) is 9.45. The number of carbonyl (C=O) groups is 2. The van der Waals surface area contributed by atoms with E-state index in [0.717, 1.165) is 49.1 Å². The molecule has 13 nitrogen and oxygen atoms in total. The molecule has 0 aliphatic carbocycles. The molecule has 7 rings (SSSR count). The van der Waals surface area contributed by atoms with Crippen molar-refractivity contribution < 1.29 is 33.6 Å². The minimum Gasteiger partial charge on any atom is -0.458 e. The van der Waals surface area contributed by atoms with E-state index in [0.29, 0.717) is 65.7 Å². The normalized spacial score (nSPS) is 20.2. The van der Waals surface area contributed by atoms with Gasteiger partial charge in [-0.25, -0.2) is 14.6 Å². The van der Waals surface area contributed by atoms with Crippen LogP contribution in [0.4, 0.5) is 4.79 Å². The van der Waals surface area contributed by atoms with E-state index in [1.807, 2.05) is 32.9 Å². The van der Waals surface area contributed by atoms with Crippen molar-refractivity contribution in [2.45, 2.75) is 71.4 Å². The van der Waals surface area contributed by atoms with Gasteiger partial charge in [0.1, 0.15) is 12.2 Å². The zero-order chi connectivity index (χ0) is 33.1. The van der Waals surface area contributed by atoms with Gasteiger partial charge in [0.2, 0.25) is 6.79 Å². The van der Waals surface area contributed by atoms with E-state index in [9.17, 15) is 19.5 Å². The highest BCUT2D eigenvalue weighted by Crippen LogP contribution is 2.43. The van der Waals surface area contributed by atoms with Gasteiger partial charge in [-0.2, -0.15) is 0 Å². The summed E-state index contributed by atoms with van der Waals surface area (Å²) in [6.45, 7) is 12.7. The van der Waals surface area contributed by atoms with Crippen molar-refractivity contribution in [3.05, 3.63) is 50.8 Å². The predicted molar refractivity (Wildman–Crippen MR) is 171 cm³/mol. The van der Waals surface area contributed by atoms with Crippen molar-refractivity contribution in [1.82, 2.24) is 24.7 Å². The Hall–Kier alpha value is -4.20. The van der Waals surface area contributed by atoms with Crippen LogP contribution in [0.25, 0.3) is 22.3 Å². The SMILES string of the molecule is CC[C@@]1(O)C(=O)OCc2c1cc1n(c2=O)Cc2c-1nc1cc3c(cc1c2CNCCCN1CCN(C(=O)OC(C)(C)C)CC1)OCO3. The molecule has 0 spiro atoms. The number of amides is 1. The van der Waals surface area contributed by atoms with Crippen molar-refractivity contribution in [2.75, 3.05) is 46.1 Å². The highest BCUT2D eigenvalue weighted by atomic mass is 16.7. The minimum absolute atomic E-state index is 0.0812. The molecule has 0 unspecified atom stereocenters. The average Bonchev–Trinajstić information content (AvgIpc) is 3.65. The molecule has 1 amide bonds.